The highest BCUT2D eigenvalue weighted by Gasteiger charge is 2.18. The summed E-state index contributed by atoms with van der Waals surface area (Å²) in [5.41, 5.74) is 1.25. The predicted molar refractivity (Wildman–Crippen MR) is 110 cm³/mol. The molecule has 28 heavy (non-hydrogen) atoms. The number of nitrogens with zero attached hydrogens (tertiary/aromatic N) is 3. The standard InChI is InChI=1S/C21H32N6O/c1-15(2)12-18(24-16(3)17-8-5-4-6-9-17)13-22-21(28)23-14-20-26-25-19-10-7-11-27(19)20/h4-6,8-9,15-16,18,24H,7,10-14H2,1-3H3,(H2,22,23,28)/t16-,18+/m1/s1. The zero-order valence-corrected chi connectivity index (χ0v) is 17.1. The van der Waals surface area contributed by atoms with Crippen molar-refractivity contribution >= 4 is 6.03 Å². The van der Waals surface area contributed by atoms with Crippen LogP contribution < -0.4 is 16.0 Å². The Hall–Kier alpha value is -2.41. The molecule has 152 valence electrons. The number of carbonyl (C=O) groups excluding carboxylic acids is 1. The maximum Gasteiger partial charge on any atom is 0.315 e. The van der Waals surface area contributed by atoms with Crippen LogP contribution >= 0.6 is 0 Å². The van der Waals surface area contributed by atoms with Gasteiger partial charge in [-0.2, -0.15) is 0 Å². The van der Waals surface area contributed by atoms with E-state index in [4.69, 9.17) is 0 Å². The molecule has 0 saturated carbocycles. The maximum absolute atomic E-state index is 12.3. The van der Waals surface area contributed by atoms with Crippen LogP contribution in [-0.4, -0.2) is 33.4 Å². The minimum Gasteiger partial charge on any atom is -0.337 e. The van der Waals surface area contributed by atoms with Crippen molar-refractivity contribution in [1.29, 1.82) is 0 Å². The third-order valence-corrected chi connectivity index (χ3v) is 5.14. The van der Waals surface area contributed by atoms with Gasteiger partial charge in [-0.25, -0.2) is 4.79 Å². The van der Waals surface area contributed by atoms with Crippen molar-refractivity contribution in [2.24, 2.45) is 5.92 Å². The highest BCUT2D eigenvalue weighted by molar-refractivity contribution is 5.73. The molecule has 1 aromatic carbocycles. The van der Waals surface area contributed by atoms with Gasteiger partial charge in [0.1, 0.15) is 5.82 Å². The third kappa shape index (κ3) is 5.55. The van der Waals surface area contributed by atoms with Crippen LogP contribution in [0.2, 0.25) is 0 Å². The fourth-order valence-corrected chi connectivity index (χ4v) is 3.75. The van der Waals surface area contributed by atoms with Gasteiger partial charge in [0.15, 0.2) is 5.82 Å². The summed E-state index contributed by atoms with van der Waals surface area (Å²) in [4.78, 5) is 12.3. The van der Waals surface area contributed by atoms with Crippen molar-refractivity contribution in [1.82, 2.24) is 30.7 Å². The van der Waals surface area contributed by atoms with Gasteiger partial charge in [0.05, 0.1) is 6.54 Å². The second-order valence-corrected chi connectivity index (χ2v) is 7.98. The smallest absolute Gasteiger partial charge is 0.315 e. The third-order valence-electron chi connectivity index (χ3n) is 5.14. The highest BCUT2D eigenvalue weighted by atomic mass is 16.2. The van der Waals surface area contributed by atoms with Crippen molar-refractivity contribution in [3.63, 3.8) is 0 Å². The number of hydrogen-bond donors (Lipinski definition) is 3. The number of urea groups is 1. The molecule has 0 radical (unpaired) electrons. The molecule has 0 saturated heterocycles. The summed E-state index contributed by atoms with van der Waals surface area (Å²) >= 11 is 0. The van der Waals surface area contributed by atoms with E-state index in [2.05, 4.69) is 75.8 Å². The molecule has 3 rings (SSSR count). The van der Waals surface area contributed by atoms with Crippen molar-refractivity contribution in [3.05, 3.63) is 47.5 Å². The molecule has 1 aliphatic heterocycles. The Kier molecular flexibility index (Phi) is 7.03. The molecule has 7 heteroatoms. The van der Waals surface area contributed by atoms with Gasteiger partial charge in [-0.05, 0) is 31.2 Å². The number of amides is 2. The number of carbonyl (C=O) groups is 1. The lowest BCUT2D eigenvalue weighted by Gasteiger charge is -2.25. The van der Waals surface area contributed by atoms with Crippen LogP contribution in [0.3, 0.4) is 0 Å². The largest absolute Gasteiger partial charge is 0.337 e. The van der Waals surface area contributed by atoms with Gasteiger partial charge in [-0.1, -0.05) is 44.2 Å². The zero-order chi connectivity index (χ0) is 19.9. The van der Waals surface area contributed by atoms with Crippen molar-refractivity contribution in [2.75, 3.05) is 6.54 Å². The van der Waals surface area contributed by atoms with Gasteiger partial charge in [0.2, 0.25) is 0 Å². The van der Waals surface area contributed by atoms with Crippen LogP contribution in [0.5, 0.6) is 0 Å². The Morgan fingerprint density at radius 3 is 2.68 bits per heavy atom. The lowest BCUT2D eigenvalue weighted by molar-refractivity contribution is 0.237. The predicted octanol–water partition coefficient (Wildman–Crippen LogP) is 2.79. The number of rotatable bonds is 9. The molecule has 0 bridgehead atoms. The van der Waals surface area contributed by atoms with E-state index >= 15 is 0 Å². The van der Waals surface area contributed by atoms with E-state index in [0.717, 1.165) is 37.5 Å². The molecule has 0 aliphatic carbocycles. The summed E-state index contributed by atoms with van der Waals surface area (Å²) in [6, 6.07) is 10.7. The Balaban J connectivity index is 1.47. The molecule has 0 fully saturated rings. The van der Waals surface area contributed by atoms with Crippen LogP contribution in [0.15, 0.2) is 30.3 Å². The Bertz CT molecular complexity index is 758. The average molecular weight is 385 g/mol. The Morgan fingerprint density at radius 1 is 1.14 bits per heavy atom. The minimum atomic E-state index is -0.168. The molecule has 3 N–H and O–H groups in total. The fourth-order valence-electron chi connectivity index (χ4n) is 3.75. The summed E-state index contributed by atoms with van der Waals surface area (Å²) in [7, 11) is 0. The van der Waals surface area contributed by atoms with Gasteiger partial charge in [0.25, 0.3) is 0 Å². The van der Waals surface area contributed by atoms with Gasteiger partial charge >= 0.3 is 6.03 Å². The number of aryl methyl sites for hydroxylation is 1. The molecule has 7 nitrogen and oxygen atoms in total. The lowest BCUT2D eigenvalue weighted by atomic mass is 10.0. The van der Waals surface area contributed by atoms with Crippen LogP contribution in [-0.2, 0) is 19.5 Å². The molecule has 1 aromatic heterocycles. The normalized spacial score (nSPS) is 15.3. The summed E-state index contributed by atoms with van der Waals surface area (Å²) < 4.78 is 2.10. The number of benzene rings is 1. The molecule has 1 aliphatic rings. The first-order chi connectivity index (χ1) is 13.5. The van der Waals surface area contributed by atoms with Gasteiger partial charge in [-0.15, -0.1) is 10.2 Å². The second kappa shape index (κ2) is 9.68. The number of nitrogens with one attached hydrogen (secondary N) is 3. The van der Waals surface area contributed by atoms with E-state index in [1.807, 2.05) is 6.07 Å². The molecule has 0 unspecified atom stereocenters. The topological polar surface area (TPSA) is 83.9 Å². The fraction of sp³-hybridized carbons (Fsp3) is 0.571. The quantitative estimate of drug-likeness (QED) is 0.621. The Labute approximate surface area is 167 Å². The molecular weight excluding hydrogens is 352 g/mol. The summed E-state index contributed by atoms with van der Waals surface area (Å²) in [6.45, 7) is 8.50. The summed E-state index contributed by atoms with van der Waals surface area (Å²) in [6.07, 6.45) is 3.07. The second-order valence-electron chi connectivity index (χ2n) is 7.98. The average Bonchev–Trinajstić information content (AvgIpc) is 3.29. The first kappa shape index (κ1) is 20.3. The van der Waals surface area contributed by atoms with E-state index < -0.39 is 0 Å². The molecule has 2 amide bonds. The molecule has 2 heterocycles. The first-order valence-corrected chi connectivity index (χ1v) is 10.3. The van der Waals surface area contributed by atoms with Gasteiger partial charge in [-0.3, -0.25) is 0 Å². The van der Waals surface area contributed by atoms with Crippen LogP contribution in [0.1, 0.15) is 56.9 Å². The van der Waals surface area contributed by atoms with Crippen LogP contribution in [0.25, 0.3) is 0 Å². The Morgan fingerprint density at radius 2 is 1.93 bits per heavy atom. The van der Waals surface area contributed by atoms with Crippen molar-refractivity contribution in [3.8, 4) is 0 Å². The van der Waals surface area contributed by atoms with Crippen molar-refractivity contribution < 1.29 is 4.79 Å². The van der Waals surface area contributed by atoms with E-state index in [0.29, 0.717) is 19.0 Å². The highest BCUT2D eigenvalue weighted by Crippen LogP contribution is 2.15. The monoisotopic (exact) mass is 384 g/mol. The van der Waals surface area contributed by atoms with E-state index in [1.165, 1.54) is 5.56 Å². The van der Waals surface area contributed by atoms with Crippen molar-refractivity contribution in [2.45, 2.75) is 65.2 Å². The van der Waals surface area contributed by atoms with E-state index in [-0.39, 0.29) is 18.1 Å². The lowest BCUT2D eigenvalue weighted by Crippen LogP contribution is -2.45. The summed E-state index contributed by atoms with van der Waals surface area (Å²) in [5, 5.41) is 17.9. The van der Waals surface area contributed by atoms with E-state index in [1.54, 1.807) is 0 Å². The SMILES string of the molecule is CC(C)C[C@@H](CNC(=O)NCc1nnc2n1CCC2)N[C@H](C)c1ccccc1. The molecular formula is C21H32N6O. The molecule has 2 aromatic rings. The zero-order valence-electron chi connectivity index (χ0n) is 17.1. The molecule has 2 atom stereocenters. The van der Waals surface area contributed by atoms with Gasteiger partial charge in [0, 0.05) is 31.6 Å². The number of hydrogen-bond acceptors (Lipinski definition) is 4. The molecule has 0 spiro atoms. The summed E-state index contributed by atoms with van der Waals surface area (Å²) in [5.74, 6) is 2.40. The first-order valence-electron chi connectivity index (χ1n) is 10.3. The van der Waals surface area contributed by atoms with Gasteiger partial charge < -0.3 is 20.5 Å². The van der Waals surface area contributed by atoms with E-state index in [9.17, 15) is 4.79 Å². The maximum atomic E-state index is 12.3. The van der Waals surface area contributed by atoms with Crippen LogP contribution in [0, 0.1) is 5.92 Å². The number of fused-ring (bicyclic) bond motifs is 1. The minimum absolute atomic E-state index is 0.168. The van der Waals surface area contributed by atoms with Crippen LogP contribution in [0.4, 0.5) is 4.79 Å². The number of aromatic nitrogens is 3.